The zero-order valence-electron chi connectivity index (χ0n) is 9.85. The van der Waals surface area contributed by atoms with Gasteiger partial charge in [0.1, 0.15) is 0 Å². The third-order valence-corrected chi connectivity index (χ3v) is 3.05. The van der Waals surface area contributed by atoms with E-state index in [2.05, 4.69) is 17.6 Å². The molecule has 2 rings (SSSR count). The number of anilines is 1. The maximum Gasteiger partial charge on any atom is 0.271 e. The molecule has 1 aliphatic heterocycles. The van der Waals surface area contributed by atoms with Crippen molar-refractivity contribution in [3.05, 3.63) is 34.4 Å². The number of non-ortho nitro benzene ring substituents is 1. The Morgan fingerprint density at radius 2 is 2.35 bits per heavy atom. The van der Waals surface area contributed by atoms with Crippen LogP contribution in [0.15, 0.2) is 24.3 Å². The van der Waals surface area contributed by atoms with Gasteiger partial charge in [-0.25, -0.2) is 0 Å². The summed E-state index contributed by atoms with van der Waals surface area (Å²) in [6, 6.07) is 7.58. The predicted octanol–water partition coefficient (Wildman–Crippen LogP) is 2.15. The summed E-state index contributed by atoms with van der Waals surface area (Å²) in [5.41, 5.74) is 0.968. The lowest BCUT2D eigenvalue weighted by Crippen LogP contribution is -2.41. The molecule has 0 bridgehead atoms. The molecule has 1 heterocycles. The molecule has 1 aromatic carbocycles. The molecule has 0 saturated carbocycles. The highest BCUT2D eigenvalue weighted by atomic mass is 16.6. The molecule has 0 aliphatic carbocycles. The third kappa shape index (κ3) is 3.17. The van der Waals surface area contributed by atoms with Gasteiger partial charge >= 0.3 is 0 Å². The first-order valence-electron chi connectivity index (χ1n) is 5.89. The average molecular weight is 235 g/mol. The van der Waals surface area contributed by atoms with E-state index in [0.717, 1.165) is 25.1 Å². The SMILES string of the molecule is CC1CC(Nc2cccc([N+](=O)[O-])c2)CCN1. The van der Waals surface area contributed by atoms with E-state index in [4.69, 9.17) is 0 Å². The Hall–Kier alpha value is -1.62. The molecule has 0 aromatic heterocycles. The number of piperidine rings is 1. The summed E-state index contributed by atoms with van der Waals surface area (Å²) in [4.78, 5) is 10.3. The summed E-state index contributed by atoms with van der Waals surface area (Å²) in [6.45, 7) is 3.15. The van der Waals surface area contributed by atoms with Crippen LogP contribution in [0.1, 0.15) is 19.8 Å². The molecule has 1 fully saturated rings. The fourth-order valence-corrected chi connectivity index (χ4v) is 2.21. The summed E-state index contributed by atoms with van der Waals surface area (Å²) in [5, 5.41) is 17.4. The second-order valence-corrected chi connectivity index (χ2v) is 4.53. The maximum absolute atomic E-state index is 10.7. The highest BCUT2D eigenvalue weighted by molar-refractivity contribution is 5.51. The lowest BCUT2D eigenvalue weighted by Gasteiger charge is -2.29. The van der Waals surface area contributed by atoms with Gasteiger partial charge in [0, 0.05) is 29.9 Å². The highest BCUT2D eigenvalue weighted by Gasteiger charge is 2.18. The van der Waals surface area contributed by atoms with Gasteiger partial charge in [0.25, 0.3) is 5.69 Å². The van der Waals surface area contributed by atoms with Gasteiger partial charge in [-0.05, 0) is 32.4 Å². The molecule has 5 heteroatoms. The molecule has 1 aliphatic rings. The standard InChI is InChI=1S/C12H17N3O2/c1-9-7-11(5-6-13-9)14-10-3-2-4-12(8-10)15(16)17/h2-4,8-9,11,13-14H,5-7H2,1H3. The van der Waals surface area contributed by atoms with Crippen LogP contribution in [0.3, 0.4) is 0 Å². The van der Waals surface area contributed by atoms with Crippen LogP contribution in [0.2, 0.25) is 0 Å². The molecule has 2 unspecified atom stereocenters. The second kappa shape index (κ2) is 5.14. The van der Waals surface area contributed by atoms with Crippen LogP contribution in [0, 0.1) is 10.1 Å². The van der Waals surface area contributed by atoms with Crippen molar-refractivity contribution in [2.75, 3.05) is 11.9 Å². The van der Waals surface area contributed by atoms with Crippen molar-refractivity contribution in [2.45, 2.75) is 31.8 Å². The van der Waals surface area contributed by atoms with E-state index in [1.807, 2.05) is 6.07 Å². The van der Waals surface area contributed by atoms with E-state index in [-0.39, 0.29) is 10.6 Å². The molecule has 17 heavy (non-hydrogen) atoms. The molecule has 92 valence electrons. The Morgan fingerprint density at radius 1 is 1.53 bits per heavy atom. The first kappa shape index (κ1) is 11.9. The number of rotatable bonds is 3. The van der Waals surface area contributed by atoms with Crippen LogP contribution in [0.25, 0.3) is 0 Å². The van der Waals surface area contributed by atoms with E-state index in [0.29, 0.717) is 12.1 Å². The molecule has 1 saturated heterocycles. The first-order valence-corrected chi connectivity index (χ1v) is 5.89. The number of nitrogens with one attached hydrogen (secondary N) is 2. The number of nitro benzene ring substituents is 1. The van der Waals surface area contributed by atoms with Crippen molar-refractivity contribution in [1.82, 2.24) is 5.32 Å². The molecule has 0 spiro atoms. The van der Waals surface area contributed by atoms with E-state index in [1.54, 1.807) is 12.1 Å². The number of benzene rings is 1. The molecule has 5 nitrogen and oxygen atoms in total. The van der Waals surface area contributed by atoms with Crippen LogP contribution >= 0.6 is 0 Å². The van der Waals surface area contributed by atoms with E-state index < -0.39 is 0 Å². The molecule has 2 N–H and O–H groups in total. The lowest BCUT2D eigenvalue weighted by atomic mass is 10.0. The zero-order valence-corrected chi connectivity index (χ0v) is 9.85. The largest absolute Gasteiger partial charge is 0.382 e. The minimum atomic E-state index is -0.365. The Morgan fingerprint density at radius 3 is 3.06 bits per heavy atom. The Bertz CT molecular complexity index is 408. The van der Waals surface area contributed by atoms with E-state index >= 15 is 0 Å². The Balaban J connectivity index is 2.02. The van der Waals surface area contributed by atoms with Gasteiger partial charge in [-0.2, -0.15) is 0 Å². The number of nitrogens with zero attached hydrogens (tertiary/aromatic N) is 1. The Labute approximate surface area is 100 Å². The van der Waals surface area contributed by atoms with Gasteiger partial charge in [0.05, 0.1) is 4.92 Å². The zero-order chi connectivity index (χ0) is 12.3. The van der Waals surface area contributed by atoms with Crippen LogP contribution < -0.4 is 10.6 Å². The summed E-state index contributed by atoms with van der Waals surface area (Å²) in [7, 11) is 0. The fraction of sp³-hybridized carbons (Fsp3) is 0.500. The van der Waals surface area contributed by atoms with Gasteiger partial charge in [-0.1, -0.05) is 6.07 Å². The van der Waals surface area contributed by atoms with Gasteiger partial charge < -0.3 is 10.6 Å². The summed E-state index contributed by atoms with van der Waals surface area (Å²) in [6.07, 6.45) is 2.09. The number of hydrogen-bond donors (Lipinski definition) is 2. The predicted molar refractivity (Wildman–Crippen MR) is 67.2 cm³/mol. The Kier molecular flexibility index (Phi) is 3.58. The molecule has 1 aromatic rings. The van der Waals surface area contributed by atoms with Crippen molar-refractivity contribution >= 4 is 11.4 Å². The summed E-state index contributed by atoms with van der Waals surface area (Å²) in [5.74, 6) is 0. The minimum Gasteiger partial charge on any atom is -0.382 e. The normalized spacial score (nSPS) is 24.3. The van der Waals surface area contributed by atoms with Crippen molar-refractivity contribution in [3.8, 4) is 0 Å². The van der Waals surface area contributed by atoms with E-state index in [1.165, 1.54) is 6.07 Å². The van der Waals surface area contributed by atoms with Gasteiger partial charge in [-0.3, -0.25) is 10.1 Å². The fourth-order valence-electron chi connectivity index (χ4n) is 2.21. The van der Waals surface area contributed by atoms with E-state index in [9.17, 15) is 10.1 Å². The monoisotopic (exact) mass is 235 g/mol. The average Bonchev–Trinajstić information content (AvgIpc) is 2.29. The first-order chi connectivity index (χ1) is 8.15. The van der Waals surface area contributed by atoms with Gasteiger partial charge in [-0.15, -0.1) is 0 Å². The van der Waals surface area contributed by atoms with Crippen molar-refractivity contribution in [2.24, 2.45) is 0 Å². The summed E-state index contributed by atoms with van der Waals surface area (Å²) >= 11 is 0. The number of nitro groups is 1. The lowest BCUT2D eigenvalue weighted by molar-refractivity contribution is -0.384. The molecular weight excluding hydrogens is 218 g/mol. The third-order valence-electron chi connectivity index (χ3n) is 3.05. The summed E-state index contributed by atoms with van der Waals surface area (Å²) < 4.78 is 0. The van der Waals surface area contributed by atoms with Gasteiger partial charge in [0.2, 0.25) is 0 Å². The van der Waals surface area contributed by atoms with Crippen LogP contribution in [0.5, 0.6) is 0 Å². The van der Waals surface area contributed by atoms with Crippen molar-refractivity contribution < 1.29 is 4.92 Å². The quantitative estimate of drug-likeness (QED) is 0.622. The molecule has 0 amide bonds. The molecule has 0 radical (unpaired) electrons. The minimum absolute atomic E-state index is 0.136. The van der Waals surface area contributed by atoms with Crippen molar-refractivity contribution in [3.63, 3.8) is 0 Å². The van der Waals surface area contributed by atoms with Crippen molar-refractivity contribution in [1.29, 1.82) is 0 Å². The van der Waals surface area contributed by atoms with Crippen LogP contribution in [-0.2, 0) is 0 Å². The second-order valence-electron chi connectivity index (χ2n) is 4.53. The van der Waals surface area contributed by atoms with Crippen LogP contribution in [-0.4, -0.2) is 23.6 Å². The molecule has 2 atom stereocenters. The number of hydrogen-bond acceptors (Lipinski definition) is 4. The smallest absolute Gasteiger partial charge is 0.271 e. The van der Waals surface area contributed by atoms with Gasteiger partial charge in [0.15, 0.2) is 0 Å². The topological polar surface area (TPSA) is 67.2 Å². The highest BCUT2D eigenvalue weighted by Crippen LogP contribution is 2.20. The molecular formula is C12H17N3O2. The maximum atomic E-state index is 10.7. The van der Waals surface area contributed by atoms with Crippen LogP contribution in [0.4, 0.5) is 11.4 Å².